The second-order valence-corrected chi connectivity index (χ2v) is 3.57. The van der Waals surface area contributed by atoms with E-state index in [-0.39, 0.29) is 11.8 Å². The van der Waals surface area contributed by atoms with Crippen molar-refractivity contribution in [1.82, 2.24) is 0 Å². The number of rotatable bonds is 2. The number of phenolic OH excluding ortho intramolecular Hbond substituents is 1. The predicted octanol–water partition coefficient (Wildman–Crippen LogP) is 2.04. The van der Waals surface area contributed by atoms with Gasteiger partial charge in [0.1, 0.15) is 11.5 Å². The van der Waals surface area contributed by atoms with Crippen LogP contribution in [0.5, 0.6) is 11.5 Å². The summed E-state index contributed by atoms with van der Waals surface area (Å²) >= 11 is 0. The summed E-state index contributed by atoms with van der Waals surface area (Å²) in [6.45, 7) is 5.58. The Morgan fingerprint density at radius 2 is 2.00 bits per heavy atom. The van der Waals surface area contributed by atoms with Crippen LogP contribution in [-0.2, 0) is 0 Å². The van der Waals surface area contributed by atoms with Gasteiger partial charge in [-0.05, 0) is 38.0 Å². The maximum absolute atomic E-state index is 9.83. The summed E-state index contributed by atoms with van der Waals surface area (Å²) < 4.78 is 5.20. The van der Waals surface area contributed by atoms with Crippen molar-refractivity contribution >= 4 is 0 Å². The lowest BCUT2D eigenvalue weighted by atomic mass is 9.98. The topological polar surface area (TPSA) is 55.5 Å². The Kier molecular flexibility index (Phi) is 3.01. The Hall–Kier alpha value is -1.22. The molecule has 1 unspecified atom stereocenters. The van der Waals surface area contributed by atoms with E-state index in [9.17, 15) is 5.11 Å². The van der Waals surface area contributed by atoms with Crippen LogP contribution in [0.25, 0.3) is 0 Å². The molecule has 1 atom stereocenters. The first-order chi connectivity index (χ1) is 6.49. The smallest absolute Gasteiger partial charge is 0.123 e. The molecule has 0 radical (unpaired) electrons. The van der Waals surface area contributed by atoms with E-state index in [4.69, 9.17) is 10.5 Å². The second kappa shape index (κ2) is 3.88. The largest absolute Gasteiger partial charge is 0.507 e. The maximum Gasteiger partial charge on any atom is 0.123 e. The van der Waals surface area contributed by atoms with E-state index in [1.165, 1.54) is 0 Å². The minimum absolute atomic E-state index is 0.191. The molecule has 1 rings (SSSR count). The van der Waals surface area contributed by atoms with Crippen LogP contribution in [0, 0.1) is 13.8 Å². The van der Waals surface area contributed by atoms with E-state index < -0.39 is 0 Å². The van der Waals surface area contributed by atoms with Crippen molar-refractivity contribution in [3.8, 4) is 11.5 Å². The highest BCUT2D eigenvalue weighted by molar-refractivity contribution is 5.53. The van der Waals surface area contributed by atoms with Crippen molar-refractivity contribution in [3.05, 3.63) is 22.8 Å². The third kappa shape index (κ3) is 1.68. The van der Waals surface area contributed by atoms with E-state index in [0.29, 0.717) is 0 Å². The molecule has 1 aromatic carbocycles. The highest BCUT2D eigenvalue weighted by Crippen LogP contribution is 2.35. The molecule has 0 saturated carbocycles. The Morgan fingerprint density at radius 3 is 2.43 bits per heavy atom. The van der Waals surface area contributed by atoms with Gasteiger partial charge < -0.3 is 15.6 Å². The molecular weight excluding hydrogens is 178 g/mol. The monoisotopic (exact) mass is 195 g/mol. The molecule has 3 heteroatoms. The van der Waals surface area contributed by atoms with Gasteiger partial charge in [-0.25, -0.2) is 0 Å². The van der Waals surface area contributed by atoms with Gasteiger partial charge in [-0.1, -0.05) is 0 Å². The summed E-state index contributed by atoms with van der Waals surface area (Å²) in [5.41, 5.74) is 8.26. The number of aromatic hydroxyl groups is 1. The molecule has 1 aromatic rings. The number of hydrogen-bond acceptors (Lipinski definition) is 3. The first-order valence-electron chi connectivity index (χ1n) is 4.61. The average molecular weight is 195 g/mol. The lowest BCUT2D eigenvalue weighted by Gasteiger charge is -2.17. The van der Waals surface area contributed by atoms with Gasteiger partial charge in [0.05, 0.1) is 7.11 Å². The summed E-state index contributed by atoms with van der Waals surface area (Å²) in [4.78, 5) is 0. The van der Waals surface area contributed by atoms with Crippen LogP contribution in [0.1, 0.15) is 29.7 Å². The summed E-state index contributed by atoms with van der Waals surface area (Å²) in [5.74, 6) is 1.05. The van der Waals surface area contributed by atoms with Crippen molar-refractivity contribution in [2.24, 2.45) is 5.73 Å². The lowest BCUT2D eigenvalue weighted by molar-refractivity contribution is 0.405. The zero-order valence-electron chi connectivity index (χ0n) is 9.09. The van der Waals surface area contributed by atoms with Crippen LogP contribution in [0.15, 0.2) is 6.07 Å². The number of aryl methyl sites for hydroxylation is 1. The SMILES string of the molecule is COc1cc(C)c(O)c(C(C)N)c1C. The Morgan fingerprint density at radius 1 is 1.43 bits per heavy atom. The lowest BCUT2D eigenvalue weighted by Crippen LogP contribution is -2.09. The minimum atomic E-state index is -0.191. The van der Waals surface area contributed by atoms with Gasteiger partial charge in [-0.15, -0.1) is 0 Å². The number of benzene rings is 1. The molecule has 0 aliphatic rings. The molecular formula is C11H17NO2. The molecule has 0 heterocycles. The number of ether oxygens (including phenoxy) is 1. The summed E-state index contributed by atoms with van der Waals surface area (Å²) in [7, 11) is 1.61. The van der Waals surface area contributed by atoms with E-state index in [2.05, 4.69) is 0 Å². The van der Waals surface area contributed by atoms with Gasteiger partial charge in [0.15, 0.2) is 0 Å². The van der Waals surface area contributed by atoms with Crippen molar-refractivity contribution in [3.63, 3.8) is 0 Å². The second-order valence-electron chi connectivity index (χ2n) is 3.57. The van der Waals surface area contributed by atoms with Crippen LogP contribution < -0.4 is 10.5 Å². The van der Waals surface area contributed by atoms with Gasteiger partial charge in [0, 0.05) is 11.6 Å². The van der Waals surface area contributed by atoms with Crippen molar-refractivity contribution in [2.75, 3.05) is 7.11 Å². The molecule has 14 heavy (non-hydrogen) atoms. The molecule has 0 aliphatic heterocycles. The van der Waals surface area contributed by atoms with Crippen molar-refractivity contribution in [2.45, 2.75) is 26.8 Å². The molecule has 0 amide bonds. The van der Waals surface area contributed by atoms with Crippen LogP contribution in [0.2, 0.25) is 0 Å². The molecule has 78 valence electrons. The van der Waals surface area contributed by atoms with Crippen LogP contribution in [0.3, 0.4) is 0 Å². The normalized spacial score (nSPS) is 12.6. The van der Waals surface area contributed by atoms with Gasteiger partial charge in [-0.2, -0.15) is 0 Å². The quantitative estimate of drug-likeness (QED) is 0.759. The predicted molar refractivity (Wildman–Crippen MR) is 56.7 cm³/mol. The molecule has 0 fully saturated rings. The van der Waals surface area contributed by atoms with Crippen molar-refractivity contribution in [1.29, 1.82) is 0 Å². The molecule has 0 aromatic heterocycles. The van der Waals surface area contributed by atoms with Gasteiger partial charge in [0.25, 0.3) is 0 Å². The number of phenols is 1. The number of hydrogen-bond donors (Lipinski definition) is 2. The minimum Gasteiger partial charge on any atom is -0.507 e. The zero-order chi connectivity index (χ0) is 10.9. The first kappa shape index (κ1) is 10.9. The van der Waals surface area contributed by atoms with E-state index >= 15 is 0 Å². The third-order valence-corrected chi connectivity index (χ3v) is 2.43. The van der Waals surface area contributed by atoms with Gasteiger partial charge in [0.2, 0.25) is 0 Å². The fraction of sp³-hybridized carbons (Fsp3) is 0.455. The highest BCUT2D eigenvalue weighted by Gasteiger charge is 2.15. The van der Waals surface area contributed by atoms with Gasteiger partial charge in [-0.3, -0.25) is 0 Å². The van der Waals surface area contributed by atoms with Crippen LogP contribution in [0.4, 0.5) is 0 Å². The van der Waals surface area contributed by atoms with E-state index in [0.717, 1.165) is 22.4 Å². The molecule has 3 N–H and O–H groups in total. The third-order valence-electron chi connectivity index (χ3n) is 2.43. The highest BCUT2D eigenvalue weighted by atomic mass is 16.5. The summed E-state index contributed by atoms with van der Waals surface area (Å²) in [5, 5.41) is 9.83. The fourth-order valence-electron chi connectivity index (χ4n) is 1.67. The van der Waals surface area contributed by atoms with E-state index in [1.54, 1.807) is 7.11 Å². The molecule has 0 bridgehead atoms. The van der Waals surface area contributed by atoms with Crippen LogP contribution in [-0.4, -0.2) is 12.2 Å². The standard InChI is InChI=1S/C11H17NO2/c1-6-5-9(14-4)7(2)10(8(3)12)11(6)13/h5,8,13H,12H2,1-4H3. The van der Waals surface area contributed by atoms with E-state index in [1.807, 2.05) is 26.8 Å². The Balaban J connectivity index is 3.45. The number of nitrogens with two attached hydrogens (primary N) is 1. The average Bonchev–Trinajstić information content (AvgIpc) is 2.11. The fourth-order valence-corrected chi connectivity index (χ4v) is 1.67. The molecule has 0 aliphatic carbocycles. The zero-order valence-corrected chi connectivity index (χ0v) is 9.09. The Labute approximate surface area is 84.5 Å². The summed E-state index contributed by atoms with van der Waals surface area (Å²) in [6.07, 6.45) is 0. The number of methoxy groups -OCH3 is 1. The van der Waals surface area contributed by atoms with Crippen molar-refractivity contribution < 1.29 is 9.84 Å². The first-order valence-corrected chi connectivity index (χ1v) is 4.61. The van der Waals surface area contributed by atoms with Crippen LogP contribution >= 0.6 is 0 Å². The van der Waals surface area contributed by atoms with Gasteiger partial charge >= 0.3 is 0 Å². The Bertz CT molecular complexity index is 346. The maximum atomic E-state index is 9.83. The molecule has 0 spiro atoms. The summed E-state index contributed by atoms with van der Waals surface area (Å²) in [6, 6.07) is 1.63. The molecule has 0 saturated heterocycles. The molecule has 3 nitrogen and oxygen atoms in total.